The molecular weight excluding hydrogens is 380 g/mol. The van der Waals surface area contributed by atoms with Crippen molar-refractivity contribution in [2.24, 2.45) is 0 Å². The van der Waals surface area contributed by atoms with Gasteiger partial charge in [-0.2, -0.15) is 0 Å². The third-order valence-electron chi connectivity index (χ3n) is 5.72. The van der Waals surface area contributed by atoms with Crippen LogP contribution >= 0.6 is 11.6 Å². The van der Waals surface area contributed by atoms with Crippen molar-refractivity contribution < 1.29 is 19.1 Å². The molecule has 1 saturated carbocycles. The zero-order valence-electron chi connectivity index (χ0n) is 16.7. The van der Waals surface area contributed by atoms with Gasteiger partial charge in [0, 0.05) is 31.2 Å². The summed E-state index contributed by atoms with van der Waals surface area (Å²) in [5.74, 6) is -0.267. The fourth-order valence-electron chi connectivity index (χ4n) is 4.12. The monoisotopic (exact) mass is 408 g/mol. The van der Waals surface area contributed by atoms with E-state index in [1.54, 1.807) is 25.2 Å². The lowest BCUT2D eigenvalue weighted by Crippen LogP contribution is -2.43. The maximum Gasteiger partial charge on any atom is 0.325 e. The predicted octanol–water partition coefficient (Wildman–Crippen LogP) is 3.37. The molecule has 6 nitrogen and oxygen atoms in total. The fraction of sp³-hybridized carbons (Fsp3) is 0.619. The molecule has 0 aromatic heterocycles. The summed E-state index contributed by atoms with van der Waals surface area (Å²) >= 11 is 6.11. The van der Waals surface area contributed by atoms with Crippen LogP contribution in [0.4, 0.5) is 0 Å². The number of carbonyl (C=O) groups is 2. The van der Waals surface area contributed by atoms with Crippen molar-refractivity contribution in [3.63, 3.8) is 0 Å². The van der Waals surface area contributed by atoms with Crippen molar-refractivity contribution in [1.82, 2.24) is 9.80 Å². The van der Waals surface area contributed by atoms with Gasteiger partial charge in [0.2, 0.25) is 0 Å². The maximum atomic E-state index is 12.8. The summed E-state index contributed by atoms with van der Waals surface area (Å²) in [5, 5.41) is 0.457. The minimum absolute atomic E-state index is 0.0799. The SMILES string of the molecule is COC(=O)CN(C)C(=O)c1cc(Cl)ccc1OC1CCN(C2CCCC2)CC1. The van der Waals surface area contributed by atoms with Gasteiger partial charge in [-0.1, -0.05) is 24.4 Å². The molecule has 0 atom stereocenters. The lowest BCUT2D eigenvalue weighted by atomic mass is 10.0. The van der Waals surface area contributed by atoms with E-state index in [9.17, 15) is 9.59 Å². The van der Waals surface area contributed by atoms with Crippen LogP contribution in [-0.2, 0) is 9.53 Å². The van der Waals surface area contributed by atoms with E-state index in [4.69, 9.17) is 16.3 Å². The van der Waals surface area contributed by atoms with Gasteiger partial charge in [-0.25, -0.2) is 0 Å². The van der Waals surface area contributed by atoms with Crippen molar-refractivity contribution in [1.29, 1.82) is 0 Å². The van der Waals surface area contributed by atoms with Crippen LogP contribution in [0.3, 0.4) is 0 Å². The van der Waals surface area contributed by atoms with Crippen molar-refractivity contribution in [3.8, 4) is 5.75 Å². The van der Waals surface area contributed by atoms with E-state index < -0.39 is 5.97 Å². The molecule has 2 aliphatic rings. The molecule has 1 aliphatic carbocycles. The van der Waals surface area contributed by atoms with E-state index in [0.717, 1.165) is 32.0 Å². The molecule has 0 spiro atoms. The van der Waals surface area contributed by atoms with Crippen molar-refractivity contribution in [2.45, 2.75) is 50.7 Å². The normalized spacial score (nSPS) is 18.8. The summed E-state index contributed by atoms with van der Waals surface area (Å²) in [5.41, 5.74) is 0.372. The van der Waals surface area contributed by atoms with Gasteiger partial charge in [0.25, 0.3) is 5.91 Å². The number of esters is 1. The number of likely N-dealkylation sites (tertiary alicyclic amines) is 1. The van der Waals surface area contributed by atoms with Crippen LogP contribution < -0.4 is 4.74 Å². The third kappa shape index (κ3) is 5.17. The molecule has 0 N–H and O–H groups in total. The Morgan fingerprint density at radius 2 is 1.86 bits per heavy atom. The largest absolute Gasteiger partial charge is 0.489 e. The summed E-state index contributed by atoms with van der Waals surface area (Å²) < 4.78 is 10.8. The van der Waals surface area contributed by atoms with Crippen molar-refractivity contribution in [3.05, 3.63) is 28.8 Å². The highest BCUT2D eigenvalue weighted by atomic mass is 35.5. The van der Waals surface area contributed by atoms with E-state index in [-0.39, 0.29) is 18.6 Å². The summed E-state index contributed by atoms with van der Waals surface area (Å²) in [6.45, 7) is 1.95. The zero-order chi connectivity index (χ0) is 20.1. The first-order valence-corrected chi connectivity index (χ1v) is 10.4. The smallest absolute Gasteiger partial charge is 0.325 e. The molecule has 1 aromatic carbocycles. The molecule has 154 valence electrons. The van der Waals surface area contributed by atoms with Crippen molar-refractivity contribution in [2.75, 3.05) is 33.8 Å². The maximum absolute atomic E-state index is 12.8. The Balaban J connectivity index is 1.64. The van der Waals surface area contributed by atoms with Crippen LogP contribution in [0.25, 0.3) is 0 Å². The first kappa shape index (κ1) is 20.9. The minimum Gasteiger partial charge on any atom is -0.489 e. The van der Waals surface area contributed by atoms with Gasteiger partial charge < -0.3 is 19.3 Å². The fourth-order valence-corrected chi connectivity index (χ4v) is 4.29. The topological polar surface area (TPSA) is 59.1 Å². The molecule has 0 radical (unpaired) electrons. The number of likely N-dealkylation sites (N-methyl/N-ethyl adjacent to an activating group) is 1. The minimum atomic E-state index is -0.473. The molecule has 28 heavy (non-hydrogen) atoms. The van der Waals surface area contributed by atoms with Gasteiger partial charge in [-0.15, -0.1) is 0 Å². The van der Waals surface area contributed by atoms with E-state index in [1.165, 1.54) is 37.7 Å². The highest BCUT2D eigenvalue weighted by molar-refractivity contribution is 6.31. The Kier molecular flexibility index (Phi) is 7.18. The third-order valence-corrected chi connectivity index (χ3v) is 5.96. The summed E-state index contributed by atoms with van der Waals surface area (Å²) in [4.78, 5) is 28.2. The van der Waals surface area contributed by atoms with Crippen LogP contribution in [0, 0.1) is 0 Å². The van der Waals surface area contributed by atoms with Crippen molar-refractivity contribution >= 4 is 23.5 Å². The summed E-state index contributed by atoms with van der Waals surface area (Å²) in [7, 11) is 2.86. The average Bonchev–Trinajstić information content (AvgIpc) is 3.24. The molecular formula is C21H29ClN2O4. The van der Waals surface area contributed by atoms with Gasteiger partial charge >= 0.3 is 5.97 Å². The van der Waals surface area contributed by atoms with Gasteiger partial charge in [-0.05, 0) is 43.9 Å². The number of methoxy groups -OCH3 is 1. The van der Waals surface area contributed by atoms with E-state index in [0.29, 0.717) is 16.3 Å². The number of rotatable bonds is 6. The molecule has 2 fully saturated rings. The van der Waals surface area contributed by atoms with Gasteiger partial charge in [0.15, 0.2) is 0 Å². The first-order valence-electron chi connectivity index (χ1n) is 10.0. The van der Waals surface area contributed by atoms with Gasteiger partial charge in [-0.3, -0.25) is 9.59 Å². The van der Waals surface area contributed by atoms with Gasteiger partial charge in [0.05, 0.1) is 12.7 Å². The standard InChI is InChI=1S/C21H29ClN2O4/c1-23(14-20(25)27-2)21(26)18-13-15(22)7-8-19(18)28-17-9-11-24(12-10-17)16-5-3-4-6-16/h7-8,13,16-17H,3-6,9-12,14H2,1-2H3. The molecule has 1 heterocycles. The average molecular weight is 409 g/mol. The summed E-state index contributed by atoms with van der Waals surface area (Å²) in [6, 6.07) is 5.80. The lowest BCUT2D eigenvalue weighted by Gasteiger charge is -2.36. The number of nitrogens with zero attached hydrogens (tertiary/aromatic N) is 2. The Labute approximate surface area is 171 Å². The molecule has 7 heteroatoms. The number of hydrogen-bond donors (Lipinski definition) is 0. The molecule has 1 amide bonds. The quantitative estimate of drug-likeness (QED) is 0.675. The Hall–Kier alpha value is -1.79. The number of halogens is 1. The second-order valence-electron chi connectivity index (χ2n) is 7.67. The Morgan fingerprint density at radius 1 is 1.18 bits per heavy atom. The highest BCUT2D eigenvalue weighted by Gasteiger charge is 2.29. The summed E-state index contributed by atoms with van der Waals surface area (Å²) in [6.07, 6.45) is 7.29. The van der Waals surface area contributed by atoms with Crippen LogP contribution in [0.15, 0.2) is 18.2 Å². The Bertz CT molecular complexity index is 698. The first-order chi connectivity index (χ1) is 13.5. The number of benzene rings is 1. The lowest BCUT2D eigenvalue weighted by molar-refractivity contribution is -0.141. The zero-order valence-corrected chi connectivity index (χ0v) is 17.4. The van der Waals surface area contributed by atoms with Crippen LogP contribution in [-0.4, -0.2) is 67.6 Å². The van der Waals surface area contributed by atoms with E-state index in [1.807, 2.05) is 0 Å². The number of piperidine rings is 1. The second-order valence-corrected chi connectivity index (χ2v) is 8.11. The van der Waals surface area contributed by atoms with E-state index >= 15 is 0 Å². The Morgan fingerprint density at radius 3 is 2.50 bits per heavy atom. The van der Waals surface area contributed by atoms with E-state index in [2.05, 4.69) is 9.64 Å². The number of carbonyl (C=O) groups excluding carboxylic acids is 2. The number of amides is 1. The second kappa shape index (κ2) is 9.61. The molecule has 1 aliphatic heterocycles. The molecule has 1 saturated heterocycles. The van der Waals surface area contributed by atoms with Crippen LogP contribution in [0.1, 0.15) is 48.9 Å². The molecule has 0 bridgehead atoms. The molecule has 1 aromatic rings. The number of hydrogen-bond acceptors (Lipinski definition) is 5. The van der Waals surface area contributed by atoms with Gasteiger partial charge in [0.1, 0.15) is 18.4 Å². The molecule has 0 unspecified atom stereocenters. The predicted molar refractivity (Wildman–Crippen MR) is 108 cm³/mol. The molecule has 3 rings (SSSR count). The highest BCUT2D eigenvalue weighted by Crippen LogP contribution is 2.30. The van der Waals surface area contributed by atoms with Crippen LogP contribution in [0.5, 0.6) is 5.75 Å². The number of ether oxygens (including phenoxy) is 2. The van der Waals surface area contributed by atoms with Crippen LogP contribution in [0.2, 0.25) is 5.02 Å².